The number of hydrogen-bond acceptors (Lipinski definition) is 2. The molecule has 6 heteroatoms. The molecule has 0 amide bonds. The van der Waals surface area contributed by atoms with E-state index in [1.54, 1.807) is 13.2 Å². The average Bonchev–Trinajstić information content (AvgIpc) is 2.94. The van der Waals surface area contributed by atoms with Gasteiger partial charge in [0.25, 0.3) is 0 Å². The molecule has 3 rings (SSSR count). The van der Waals surface area contributed by atoms with Crippen molar-refractivity contribution in [1.29, 1.82) is 0 Å². The molecule has 3 nitrogen and oxygen atoms in total. The van der Waals surface area contributed by atoms with Crippen molar-refractivity contribution in [2.24, 2.45) is 0 Å². The summed E-state index contributed by atoms with van der Waals surface area (Å²) in [5, 5.41) is 0.108. The molecule has 0 aliphatic heterocycles. The van der Waals surface area contributed by atoms with Crippen LogP contribution < -0.4 is 0 Å². The Morgan fingerprint density at radius 2 is 2.26 bits per heavy atom. The van der Waals surface area contributed by atoms with E-state index in [1.165, 1.54) is 6.07 Å². The number of ether oxygens (including phenoxy) is 1. The Bertz CT molecular complexity index is 681. The number of methoxy groups -OCH3 is 1. The molecule has 19 heavy (non-hydrogen) atoms. The quantitative estimate of drug-likeness (QED) is 0.841. The summed E-state index contributed by atoms with van der Waals surface area (Å²) in [6.07, 6.45) is 3.16. The van der Waals surface area contributed by atoms with Crippen LogP contribution >= 0.6 is 23.8 Å². The third-order valence-electron chi connectivity index (χ3n) is 3.81. The van der Waals surface area contributed by atoms with Crippen LogP contribution in [0.4, 0.5) is 4.39 Å². The number of nitrogens with one attached hydrogen (secondary N) is 1. The van der Waals surface area contributed by atoms with Crippen molar-refractivity contribution >= 4 is 34.9 Å². The molecule has 2 atom stereocenters. The maximum atomic E-state index is 13.6. The molecular formula is C13H14ClFN2OS. The average molecular weight is 301 g/mol. The molecular weight excluding hydrogens is 287 g/mol. The Labute approximate surface area is 120 Å². The standard InChI is InChI=1S/C13H14ClFN2OS/c1-18-8-3-2-7(4-8)17-12-6-10(15)9(14)5-11(12)16-13(17)19/h5-8H,2-4H2,1H3,(H,16,19). The lowest BCUT2D eigenvalue weighted by Gasteiger charge is -2.13. The number of imidazole rings is 1. The number of hydrogen-bond donors (Lipinski definition) is 1. The molecule has 1 aromatic carbocycles. The molecule has 0 saturated heterocycles. The highest BCUT2D eigenvalue weighted by Gasteiger charge is 2.27. The maximum absolute atomic E-state index is 13.6. The molecule has 0 spiro atoms. The van der Waals surface area contributed by atoms with E-state index in [2.05, 4.69) is 4.98 Å². The Hall–Kier alpha value is -0.910. The number of aromatic nitrogens is 2. The minimum absolute atomic E-state index is 0.108. The van der Waals surface area contributed by atoms with Gasteiger partial charge in [-0.3, -0.25) is 0 Å². The number of fused-ring (bicyclic) bond motifs is 1. The fourth-order valence-electron chi connectivity index (χ4n) is 2.85. The van der Waals surface area contributed by atoms with E-state index in [0.29, 0.717) is 4.77 Å². The summed E-state index contributed by atoms with van der Waals surface area (Å²) in [5.74, 6) is -0.418. The van der Waals surface area contributed by atoms with Crippen molar-refractivity contribution in [1.82, 2.24) is 9.55 Å². The number of aromatic amines is 1. The molecule has 1 aliphatic rings. The first kappa shape index (κ1) is 13.1. The number of benzene rings is 1. The lowest BCUT2D eigenvalue weighted by molar-refractivity contribution is 0.106. The molecule has 0 bridgehead atoms. The van der Waals surface area contributed by atoms with Crippen molar-refractivity contribution in [3.05, 3.63) is 27.7 Å². The highest BCUT2D eigenvalue weighted by Crippen LogP contribution is 2.35. The molecule has 2 unspecified atom stereocenters. The summed E-state index contributed by atoms with van der Waals surface area (Å²) in [4.78, 5) is 3.09. The molecule has 1 aliphatic carbocycles. The predicted octanol–water partition coefficient (Wildman–Crippen LogP) is 4.23. The lowest BCUT2D eigenvalue weighted by Crippen LogP contribution is -2.09. The van der Waals surface area contributed by atoms with Gasteiger partial charge in [0.15, 0.2) is 4.77 Å². The molecule has 102 valence electrons. The smallest absolute Gasteiger partial charge is 0.178 e. The fourth-order valence-corrected chi connectivity index (χ4v) is 3.37. The van der Waals surface area contributed by atoms with E-state index in [-0.39, 0.29) is 17.2 Å². The third kappa shape index (κ3) is 2.20. The molecule has 0 radical (unpaired) electrons. The summed E-state index contributed by atoms with van der Waals surface area (Å²) >= 11 is 11.1. The van der Waals surface area contributed by atoms with Gasteiger partial charge in [0, 0.05) is 19.2 Å². The zero-order valence-electron chi connectivity index (χ0n) is 10.5. The van der Waals surface area contributed by atoms with Crippen LogP contribution in [0.25, 0.3) is 11.0 Å². The minimum atomic E-state index is -0.418. The van der Waals surface area contributed by atoms with Gasteiger partial charge in [-0.25, -0.2) is 4.39 Å². The van der Waals surface area contributed by atoms with Crippen LogP contribution in [0.5, 0.6) is 0 Å². The Morgan fingerprint density at radius 1 is 1.47 bits per heavy atom. The van der Waals surface area contributed by atoms with E-state index in [4.69, 9.17) is 28.6 Å². The van der Waals surface area contributed by atoms with Gasteiger partial charge in [0.05, 0.1) is 22.2 Å². The second kappa shape index (κ2) is 4.89. The Kier molecular flexibility index (Phi) is 3.37. The van der Waals surface area contributed by atoms with Crippen molar-refractivity contribution < 1.29 is 9.13 Å². The predicted molar refractivity (Wildman–Crippen MR) is 75.8 cm³/mol. The number of rotatable bonds is 2. The van der Waals surface area contributed by atoms with Crippen LogP contribution in [-0.4, -0.2) is 22.8 Å². The SMILES string of the molecule is COC1CCC(n2c(=S)[nH]c3cc(Cl)c(F)cc32)C1. The molecule has 1 heterocycles. The van der Waals surface area contributed by atoms with Gasteiger partial charge in [-0.1, -0.05) is 11.6 Å². The largest absolute Gasteiger partial charge is 0.381 e. The van der Waals surface area contributed by atoms with E-state index in [0.717, 1.165) is 30.3 Å². The summed E-state index contributed by atoms with van der Waals surface area (Å²) in [5.41, 5.74) is 1.55. The van der Waals surface area contributed by atoms with Crippen LogP contribution in [0.15, 0.2) is 12.1 Å². The Morgan fingerprint density at radius 3 is 2.95 bits per heavy atom. The minimum Gasteiger partial charge on any atom is -0.381 e. The second-order valence-corrected chi connectivity index (χ2v) is 5.70. The number of nitrogens with zero attached hydrogens (tertiary/aromatic N) is 1. The molecule has 1 aromatic heterocycles. The van der Waals surface area contributed by atoms with Crippen molar-refractivity contribution in [3.63, 3.8) is 0 Å². The summed E-state index contributed by atoms with van der Waals surface area (Å²) < 4.78 is 21.6. The normalized spacial score (nSPS) is 23.3. The van der Waals surface area contributed by atoms with E-state index in [1.807, 2.05) is 4.57 Å². The molecule has 1 N–H and O–H groups in total. The Balaban J connectivity index is 2.11. The first-order valence-corrected chi connectivity index (χ1v) is 7.01. The van der Waals surface area contributed by atoms with Gasteiger partial charge in [0.2, 0.25) is 0 Å². The second-order valence-electron chi connectivity index (χ2n) is 4.91. The van der Waals surface area contributed by atoms with Gasteiger partial charge < -0.3 is 14.3 Å². The number of halogens is 2. The first-order valence-electron chi connectivity index (χ1n) is 6.22. The van der Waals surface area contributed by atoms with Gasteiger partial charge in [0.1, 0.15) is 5.82 Å². The van der Waals surface area contributed by atoms with Crippen LogP contribution in [0.1, 0.15) is 25.3 Å². The monoisotopic (exact) mass is 300 g/mol. The lowest BCUT2D eigenvalue weighted by atomic mass is 10.2. The topological polar surface area (TPSA) is 29.9 Å². The third-order valence-corrected chi connectivity index (χ3v) is 4.40. The molecule has 2 aromatic rings. The van der Waals surface area contributed by atoms with Gasteiger partial charge in [-0.15, -0.1) is 0 Å². The highest BCUT2D eigenvalue weighted by atomic mass is 35.5. The first-order chi connectivity index (χ1) is 9.10. The maximum Gasteiger partial charge on any atom is 0.178 e. The van der Waals surface area contributed by atoms with Gasteiger partial charge in [-0.2, -0.15) is 0 Å². The number of H-pyrrole nitrogens is 1. The summed E-state index contributed by atoms with van der Waals surface area (Å²) in [7, 11) is 1.72. The van der Waals surface area contributed by atoms with Crippen LogP contribution in [-0.2, 0) is 4.74 Å². The van der Waals surface area contributed by atoms with Crippen molar-refractivity contribution in [2.45, 2.75) is 31.4 Å². The fraction of sp³-hybridized carbons (Fsp3) is 0.462. The van der Waals surface area contributed by atoms with Gasteiger partial charge >= 0.3 is 0 Å². The zero-order valence-corrected chi connectivity index (χ0v) is 12.0. The van der Waals surface area contributed by atoms with E-state index >= 15 is 0 Å². The van der Waals surface area contributed by atoms with Crippen LogP contribution in [0, 0.1) is 10.6 Å². The van der Waals surface area contributed by atoms with Crippen molar-refractivity contribution in [2.75, 3.05) is 7.11 Å². The van der Waals surface area contributed by atoms with E-state index < -0.39 is 5.82 Å². The summed E-state index contributed by atoms with van der Waals surface area (Å²) in [6.45, 7) is 0. The van der Waals surface area contributed by atoms with E-state index in [9.17, 15) is 4.39 Å². The zero-order chi connectivity index (χ0) is 13.6. The highest BCUT2D eigenvalue weighted by molar-refractivity contribution is 7.71. The van der Waals surface area contributed by atoms with Gasteiger partial charge in [-0.05, 0) is 37.5 Å². The molecule has 1 fully saturated rings. The van der Waals surface area contributed by atoms with Crippen LogP contribution in [0.3, 0.4) is 0 Å². The summed E-state index contributed by atoms with van der Waals surface area (Å²) in [6, 6.07) is 3.29. The molecule has 1 saturated carbocycles. The van der Waals surface area contributed by atoms with Crippen molar-refractivity contribution in [3.8, 4) is 0 Å². The van der Waals surface area contributed by atoms with Crippen LogP contribution in [0.2, 0.25) is 5.02 Å².